The highest BCUT2D eigenvalue weighted by Crippen LogP contribution is 2.29. The zero-order valence-electron chi connectivity index (χ0n) is 10.9. The third-order valence-corrected chi connectivity index (χ3v) is 3.57. The summed E-state index contributed by atoms with van der Waals surface area (Å²) in [6.07, 6.45) is 2.00. The normalized spacial score (nSPS) is 10.9. The summed E-state index contributed by atoms with van der Waals surface area (Å²) in [6, 6.07) is 11.8. The first-order valence-corrected chi connectivity index (χ1v) is 6.64. The smallest absolute Gasteiger partial charge is 0.123 e. The second-order valence-corrected chi connectivity index (χ2v) is 5.05. The molecule has 0 N–H and O–H groups in total. The highest BCUT2D eigenvalue weighted by atomic mass is 35.5. The fourth-order valence-corrected chi connectivity index (χ4v) is 2.58. The topological polar surface area (TPSA) is 14.2 Å². The van der Waals surface area contributed by atoms with Crippen LogP contribution in [-0.2, 0) is 13.7 Å². The maximum Gasteiger partial charge on any atom is 0.123 e. The van der Waals surface area contributed by atoms with Crippen LogP contribution in [0.1, 0.15) is 5.56 Å². The van der Waals surface area contributed by atoms with Crippen molar-refractivity contribution in [2.45, 2.75) is 6.61 Å². The Morgan fingerprint density at radius 1 is 1.15 bits per heavy atom. The Kier molecular flexibility index (Phi) is 3.36. The molecule has 4 heteroatoms. The van der Waals surface area contributed by atoms with E-state index < -0.39 is 0 Å². The van der Waals surface area contributed by atoms with Gasteiger partial charge in [-0.3, -0.25) is 0 Å². The first-order chi connectivity index (χ1) is 9.65. The molecular weight excluding hydrogens is 277 g/mol. The Labute approximate surface area is 121 Å². The lowest BCUT2D eigenvalue weighted by molar-refractivity contribution is 0.307. The van der Waals surface area contributed by atoms with E-state index in [1.807, 2.05) is 36.0 Å². The zero-order valence-corrected chi connectivity index (χ0v) is 11.7. The molecule has 0 aliphatic carbocycles. The second kappa shape index (κ2) is 5.17. The zero-order chi connectivity index (χ0) is 14.1. The van der Waals surface area contributed by atoms with E-state index in [2.05, 4.69) is 0 Å². The second-order valence-electron chi connectivity index (χ2n) is 4.64. The first-order valence-electron chi connectivity index (χ1n) is 6.26. The summed E-state index contributed by atoms with van der Waals surface area (Å²) in [4.78, 5) is 0. The van der Waals surface area contributed by atoms with Crippen molar-refractivity contribution in [3.8, 4) is 5.75 Å². The summed E-state index contributed by atoms with van der Waals surface area (Å²) in [5, 5.41) is 1.71. The van der Waals surface area contributed by atoms with Crippen LogP contribution in [0, 0.1) is 5.82 Å². The van der Waals surface area contributed by atoms with Gasteiger partial charge in [-0.15, -0.1) is 0 Å². The Balaban J connectivity index is 1.89. The number of aryl methyl sites for hydroxylation is 1. The lowest BCUT2D eigenvalue weighted by Crippen LogP contribution is -1.94. The van der Waals surface area contributed by atoms with Crippen molar-refractivity contribution < 1.29 is 9.13 Å². The van der Waals surface area contributed by atoms with Gasteiger partial charge in [-0.05, 0) is 36.4 Å². The summed E-state index contributed by atoms with van der Waals surface area (Å²) < 4.78 is 20.5. The van der Waals surface area contributed by atoms with E-state index in [4.69, 9.17) is 16.3 Å². The van der Waals surface area contributed by atoms with Gasteiger partial charge in [0.15, 0.2) is 0 Å². The molecule has 102 valence electrons. The van der Waals surface area contributed by atoms with Crippen LogP contribution < -0.4 is 4.74 Å². The Bertz CT molecular complexity index is 749. The minimum absolute atomic E-state index is 0.273. The largest absolute Gasteiger partial charge is 0.489 e. The molecule has 1 aromatic heterocycles. The predicted molar refractivity (Wildman–Crippen MR) is 78.7 cm³/mol. The van der Waals surface area contributed by atoms with Gasteiger partial charge in [0.1, 0.15) is 18.2 Å². The maximum atomic E-state index is 12.8. The lowest BCUT2D eigenvalue weighted by atomic mass is 10.2. The molecule has 0 radical (unpaired) electrons. The number of fused-ring (bicyclic) bond motifs is 1. The van der Waals surface area contributed by atoms with Crippen molar-refractivity contribution in [2.75, 3.05) is 0 Å². The SMILES string of the molecule is Cn1cc(COc2ccc(F)cc2)c2c(Cl)cccc21. The van der Waals surface area contributed by atoms with Crippen LogP contribution in [0.5, 0.6) is 5.75 Å². The number of halogens is 2. The van der Waals surface area contributed by atoms with E-state index in [0.29, 0.717) is 17.4 Å². The molecule has 0 saturated carbocycles. The number of hydrogen-bond donors (Lipinski definition) is 0. The van der Waals surface area contributed by atoms with Crippen molar-refractivity contribution >= 4 is 22.5 Å². The Hall–Kier alpha value is -2.00. The molecule has 2 aromatic carbocycles. The summed E-state index contributed by atoms with van der Waals surface area (Å²) >= 11 is 6.26. The average Bonchev–Trinajstić information content (AvgIpc) is 2.77. The van der Waals surface area contributed by atoms with Crippen molar-refractivity contribution in [3.63, 3.8) is 0 Å². The molecule has 0 amide bonds. The number of ether oxygens (including phenoxy) is 1. The van der Waals surface area contributed by atoms with Crippen molar-refractivity contribution in [1.29, 1.82) is 0 Å². The van der Waals surface area contributed by atoms with Crippen LogP contribution in [0.15, 0.2) is 48.7 Å². The van der Waals surface area contributed by atoms with Crippen LogP contribution in [0.3, 0.4) is 0 Å². The summed E-state index contributed by atoms with van der Waals surface area (Å²) in [7, 11) is 1.97. The van der Waals surface area contributed by atoms with E-state index in [1.54, 1.807) is 12.1 Å². The molecule has 0 unspecified atom stereocenters. The number of rotatable bonds is 3. The van der Waals surface area contributed by atoms with Gasteiger partial charge in [-0.2, -0.15) is 0 Å². The van der Waals surface area contributed by atoms with Gasteiger partial charge in [0.25, 0.3) is 0 Å². The van der Waals surface area contributed by atoms with E-state index in [0.717, 1.165) is 16.5 Å². The molecule has 0 bridgehead atoms. The summed E-state index contributed by atoms with van der Waals surface area (Å²) in [5.41, 5.74) is 2.08. The number of hydrogen-bond acceptors (Lipinski definition) is 1. The predicted octanol–water partition coefficient (Wildman–Crippen LogP) is 4.55. The van der Waals surface area contributed by atoms with Crippen LogP contribution in [0.2, 0.25) is 5.02 Å². The van der Waals surface area contributed by atoms with Crippen molar-refractivity contribution in [2.24, 2.45) is 7.05 Å². The monoisotopic (exact) mass is 289 g/mol. The molecule has 1 heterocycles. The molecule has 2 nitrogen and oxygen atoms in total. The van der Waals surface area contributed by atoms with Crippen LogP contribution in [0.4, 0.5) is 4.39 Å². The van der Waals surface area contributed by atoms with E-state index >= 15 is 0 Å². The molecule has 20 heavy (non-hydrogen) atoms. The summed E-state index contributed by atoms with van der Waals surface area (Å²) in [6.45, 7) is 0.396. The minimum Gasteiger partial charge on any atom is -0.489 e. The standard InChI is InChI=1S/C16H13ClFNO/c1-19-9-11(16-14(17)3-2-4-15(16)19)10-20-13-7-5-12(18)6-8-13/h2-9H,10H2,1H3. The van der Waals surface area contributed by atoms with Gasteiger partial charge in [0, 0.05) is 29.7 Å². The third-order valence-electron chi connectivity index (χ3n) is 3.25. The lowest BCUT2D eigenvalue weighted by Gasteiger charge is -2.05. The van der Waals surface area contributed by atoms with Gasteiger partial charge < -0.3 is 9.30 Å². The summed E-state index contributed by atoms with van der Waals surface area (Å²) in [5.74, 6) is 0.362. The van der Waals surface area contributed by atoms with Gasteiger partial charge in [0.2, 0.25) is 0 Å². The van der Waals surface area contributed by atoms with Gasteiger partial charge in [0.05, 0.1) is 5.02 Å². The van der Waals surface area contributed by atoms with Gasteiger partial charge in [-0.25, -0.2) is 4.39 Å². The molecule has 0 aliphatic rings. The quantitative estimate of drug-likeness (QED) is 0.690. The van der Waals surface area contributed by atoms with E-state index in [-0.39, 0.29) is 5.82 Å². The maximum absolute atomic E-state index is 12.8. The van der Waals surface area contributed by atoms with E-state index in [1.165, 1.54) is 12.1 Å². The fraction of sp³-hybridized carbons (Fsp3) is 0.125. The van der Waals surface area contributed by atoms with Crippen LogP contribution in [-0.4, -0.2) is 4.57 Å². The molecule has 0 fully saturated rings. The molecular formula is C16H13ClFNO. The first kappa shape index (κ1) is 13.0. The fourth-order valence-electron chi connectivity index (χ4n) is 2.29. The van der Waals surface area contributed by atoms with Gasteiger partial charge >= 0.3 is 0 Å². The Morgan fingerprint density at radius 3 is 2.65 bits per heavy atom. The molecule has 3 rings (SSSR count). The van der Waals surface area contributed by atoms with E-state index in [9.17, 15) is 4.39 Å². The van der Waals surface area contributed by atoms with Crippen molar-refractivity contribution in [1.82, 2.24) is 4.57 Å². The van der Waals surface area contributed by atoms with Crippen LogP contribution >= 0.6 is 11.6 Å². The van der Waals surface area contributed by atoms with Gasteiger partial charge in [-0.1, -0.05) is 17.7 Å². The average molecular weight is 290 g/mol. The molecule has 0 spiro atoms. The number of benzene rings is 2. The Morgan fingerprint density at radius 2 is 1.90 bits per heavy atom. The van der Waals surface area contributed by atoms with Crippen LogP contribution in [0.25, 0.3) is 10.9 Å². The molecule has 0 atom stereocenters. The number of aromatic nitrogens is 1. The molecule has 3 aromatic rings. The third kappa shape index (κ3) is 2.37. The highest BCUT2D eigenvalue weighted by Gasteiger charge is 2.10. The molecule has 0 saturated heterocycles. The highest BCUT2D eigenvalue weighted by molar-refractivity contribution is 6.35. The minimum atomic E-state index is -0.273. The van der Waals surface area contributed by atoms with Crippen molar-refractivity contribution in [3.05, 3.63) is 65.1 Å². The number of nitrogens with zero attached hydrogens (tertiary/aromatic N) is 1. The molecule has 0 aliphatic heterocycles.